The first-order valence-corrected chi connectivity index (χ1v) is 5.55. The first kappa shape index (κ1) is 12.2. The molecule has 0 saturated carbocycles. The van der Waals surface area contributed by atoms with E-state index in [1.165, 1.54) is 4.68 Å². The van der Waals surface area contributed by atoms with Crippen LogP contribution < -0.4 is 0 Å². The summed E-state index contributed by atoms with van der Waals surface area (Å²) in [6.45, 7) is 2.12. The summed E-state index contributed by atoms with van der Waals surface area (Å²) >= 11 is 2.10. The lowest BCUT2D eigenvalue weighted by molar-refractivity contribution is -0.145. The number of hydrogen-bond donors (Lipinski definition) is 0. The minimum atomic E-state index is -0.482. The molecule has 6 heteroatoms. The maximum absolute atomic E-state index is 11.3. The van der Waals surface area contributed by atoms with Gasteiger partial charge < -0.3 is 4.74 Å². The average Bonchev–Trinajstić information content (AvgIpc) is 2.51. The van der Waals surface area contributed by atoms with Gasteiger partial charge in [0.15, 0.2) is 5.78 Å². The zero-order chi connectivity index (χ0) is 11.3. The molecule has 15 heavy (non-hydrogen) atoms. The van der Waals surface area contributed by atoms with Crippen molar-refractivity contribution in [3.63, 3.8) is 0 Å². The molecule has 0 radical (unpaired) electrons. The summed E-state index contributed by atoms with van der Waals surface area (Å²) in [4.78, 5) is 22.3. The van der Waals surface area contributed by atoms with Crippen LogP contribution in [-0.4, -0.2) is 28.1 Å². The number of aromatic nitrogens is 2. The van der Waals surface area contributed by atoms with Crippen LogP contribution in [0.15, 0.2) is 12.4 Å². The van der Waals surface area contributed by atoms with Crippen molar-refractivity contribution in [1.82, 2.24) is 9.78 Å². The van der Waals surface area contributed by atoms with Crippen LogP contribution in [0, 0.1) is 3.57 Å². The zero-order valence-corrected chi connectivity index (χ0v) is 10.4. The van der Waals surface area contributed by atoms with E-state index in [1.807, 2.05) is 0 Å². The van der Waals surface area contributed by atoms with Gasteiger partial charge in [-0.2, -0.15) is 5.10 Å². The molecule has 1 heterocycles. The highest BCUT2D eigenvalue weighted by atomic mass is 127. The van der Waals surface area contributed by atoms with E-state index in [0.29, 0.717) is 6.61 Å². The van der Waals surface area contributed by atoms with Gasteiger partial charge >= 0.3 is 5.97 Å². The van der Waals surface area contributed by atoms with E-state index in [-0.39, 0.29) is 18.7 Å². The monoisotopic (exact) mass is 322 g/mol. The third-order valence-corrected chi connectivity index (χ3v) is 2.14. The molecule has 0 aliphatic heterocycles. The van der Waals surface area contributed by atoms with Gasteiger partial charge in [-0.3, -0.25) is 14.3 Å². The molecule has 0 saturated heterocycles. The molecule has 0 aliphatic carbocycles. The van der Waals surface area contributed by atoms with Crippen LogP contribution in [0.5, 0.6) is 0 Å². The SMILES string of the molecule is CCOC(=O)CC(=O)Cn1cc(I)cn1. The van der Waals surface area contributed by atoms with Gasteiger partial charge in [0.05, 0.1) is 16.4 Å². The van der Waals surface area contributed by atoms with E-state index >= 15 is 0 Å². The Labute approximate surface area is 101 Å². The molecule has 0 fully saturated rings. The van der Waals surface area contributed by atoms with Crippen molar-refractivity contribution in [2.75, 3.05) is 6.61 Å². The summed E-state index contributed by atoms with van der Waals surface area (Å²) in [5, 5.41) is 3.95. The van der Waals surface area contributed by atoms with Crippen LogP contribution in [0.2, 0.25) is 0 Å². The van der Waals surface area contributed by atoms with Crippen LogP contribution in [-0.2, 0) is 20.9 Å². The summed E-state index contributed by atoms with van der Waals surface area (Å²) in [5.41, 5.74) is 0. The number of carbonyl (C=O) groups excluding carboxylic acids is 2. The predicted octanol–water partition coefficient (Wildman–Crippen LogP) is 1.01. The molecule has 1 aromatic heterocycles. The van der Waals surface area contributed by atoms with E-state index in [1.54, 1.807) is 19.3 Å². The van der Waals surface area contributed by atoms with Crippen LogP contribution in [0.1, 0.15) is 13.3 Å². The number of carbonyl (C=O) groups is 2. The van der Waals surface area contributed by atoms with Crippen molar-refractivity contribution in [2.45, 2.75) is 19.9 Å². The first-order chi connectivity index (χ1) is 7.11. The Kier molecular flexibility index (Phi) is 4.73. The maximum atomic E-state index is 11.3. The molecular weight excluding hydrogens is 311 g/mol. The largest absolute Gasteiger partial charge is 0.466 e. The normalized spacial score (nSPS) is 10.0. The number of rotatable bonds is 5. The fraction of sp³-hybridized carbons (Fsp3) is 0.444. The number of ketones is 1. The lowest BCUT2D eigenvalue weighted by Gasteiger charge is -2.01. The highest BCUT2D eigenvalue weighted by Gasteiger charge is 2.11. The number of hydrogen-bond acceptors (Lipinski definition) is 4. The minimum absolute atomic E-state index is 0.113. The molecule has 0 bridgehead atoms. The fourth-order valence-corrected chi connectivity index (χ4v) is 1.48. The highest BCUT2D eigenvalue weighted by Crippen LogP contribution is 2.01. The molecule has 0 unspecified atom stereocenters. The molecule has 1 aromatic rings. The Morgan fingerprint density at radius 2 is 2.33 bits per heavy atom. The van der Waals surface area contributed by atoms with Crippen molar-refractivity contribution >= 4 is 34.3 Å². The molecule has 0 N–H and O–H groups in total. The lowest BCUT2D eigenvalue weighted by atomic mass is 10.3. The zero-order valence-electron chi connectivity index (χ0n) is 8.27. The third-order valence-electron chi connectivity index (χ3n) is 1.59. The van der Waals surface area contributed by atoms with Gasteiger partial charge in [0.25, 0.3) is 0 Å². The third kappa shape index (κ3) is 4.41. The van der Waals surface area contributed by atoms with Crippen molar-refractivity contribution in [3.05, 3.63) is 16.0 Å². The van der Waals surface area contributed by atoms with E-state index in [2.05, 4.69) is 32.4 Å². The molecular formula is C9H11IN2O3. The number of halogens is 1. The van der Waals surface area contributed by atoms with Crippen LogP contribution in [0.3, 0.4) is 0 Å². The summed E-state index contributed by atoms with van der Waals surface area (Å²) in [7, 11) is 0. The highest BCUT2D eigenvalue weighted by molar-refractivity contribution is 14.1. The summed E-state index contributed by atoms with van der Waals surface area (Å²) in [5.74, 6) is -0.683. The number of esters is 1. The van der Waals surface area contributed by atoms with Gasteiger partial charge in [-0.05, 0) is 29.5 Å². The topological polar surface area (TPSA) is 61.2 Å². The Morgan fingerprint density at radius 3 is 2.87 bits per heavy atom. The molecule has 0 aromatic carbocycles. The molecule has 0 atom stereocenters. The van der Waals surface area contributed by atoms with Gasteiger partial charge in [-0.15, -0.1) is 0 Å². The standard InChI is InChI=1S/C9H11IN2O3/c1-2-15-9(14)3-8(13)6-12-5-7(10)4-11-12/h4-5H,2-3,6H2,1H3. The van der Waals surface area contributed by atoms with Crippen LogP contribution >= 0.6 is 22.6 Å². The van der Waals surface area contributed by atoms with Crippen molar-refractivity contribution in [2.24, 2.45) is 0 Å². The van der Waals surface area contributed by atoms with E-state index in [4.69, 9.17) is 0 Å². The maximum Gasteiger partial charge on any atom is 0.313 e. The van der Waals surface area contributed by atoms with Gasteiger partial charge in [0.2, 0.25) is 0 Å². The van der Waals surface area contributed by atoms with Crippen LogP contribution in [0.25, 0.3) is 0 Å². The molecule has 5 nitrogen and oxygen atoms in total. The predicted molar refractivity (Wildman–Crippen MR) is 61.2 cm³/mol. The van der Waals surface area contributed by atoms with Crippen LogP contribution in [0.4, 0.5) is 0 Å². The summed E-state index contributed by atoms with van der Waals surface area (Å²) in [6, 6.07) is 0. The second-order valence-corrected chi connectivity index (χ2v) is 4.12. The Bertz CT molecular complexity index is 362. The molecule has 82 valence electrons. The lowest BCUT2D eigenvalue weighted by Crippen LogP contribution is -2.16. The van der Waals surface area contributed by atoms with Crippen molar-refractivity contribution in [3.8, 4) is 0 Å². The summed E-state index contributed by atoms with van der Waals surface area (Å²) < 4.78 is 7.12. The Hall–Kier alpha value is -0.920. The van der Waals surface area contributed by atoms with Gasteiger partial charge in [0, 0.05) is 6.20 Å². The summed E-state index contributed by atoms with van der Waals surface area (Å²) in [6.07, 6.45) is 3.20. The van der Waals surface area contributed by atoms with Crippen molar-refractivity contribution < 1.29 is 14.3 Å². The van der Waals surface area contributed by atoms with Gasteiger partial charge in [-0.1, -0.05) is 0 Å². The van der Waals surface area contributed by atoms with E-state index in [0.717, 1.165) is 3.57 Å². The fourth-order valence-electron chi connectivity index (χ4n) is 1.03. The van der Waals surface area contributed by atoms with E-state index in [9.17, 15) is 9.59 Å². The number of ether oxygens (including phenoxy) is 1. The average molecular weight is 322 g/mol. The van der Waals surface area contributed by atoms with Gasteiger partial charge in [-0.25, -0.2) is 0 Å². The minimum Gasteiger partial charge on any atom is -0.466 e. The quantitative estimate of drug-likeness (QED) is 0.461. The number of Topliss-reactive ketones (excluding diaryl/α,β-unsaturated/α-hetero) is 1. The smallest absolute Gasteiger partial charge is 0.313 e. The van der Waals surface area contributed by atoms with Gasteiger partial charge in [0.1, 0.15) is 13.0 Å². The molecule has 0 aliphatic rings. The molecule has 0 amide bonds. The van der Waals surface area contributed by atoms with Crippen molar-refractivity contribution in [1.29, 1.82) is 0 Å². The molecule has 1 rings (SSSR count). The Balaban J connectivity index is 2.39. The second-order valence-electron chi connectivity index (χ2n) is 2.88. The number of nitrogens with zero attached hydrogens (tertiary/aromatic N) is 2. The first-order valence-electron chi connectivity index (χ1n) is 4.47. The molecule has 0 spiro atoms. The van der Waals surface area contributed by atoms with E-state index < -0.39 is 5.97 Å². The Morgan fingerprint density at radius 1 is 1.60 bits per heavy atom. The second kappa shape index (κ2) is 5.84.